The fraction of sp³-hybridized carbons (Fsp3) is 0. The Balaban J connectivity index is 1.46. The molecule has 128 valence electrons. The highest BCUT2D eigenvalue weighted by Crippen LogP contribution is 2.23. The maximum Gasteiger partial charge on any atom is 0.307 e. The van der Waals surface area contributed by atoms with Gasteiger partial charge in [0.25, 0.3) is 0 Å². The zero-order chi connectivity index (χ0) is 17.9. The standard InChI is InChI=1S/C20H14ClN3O2/c21-15-7-5-13(6-8-15)18-9-10-19(26-18)20(25)24-23-12-14-11-22-17-4-2-1-3-16(14)17/h1-12,22H,(H,24,25)/b23-12+. The number of amides is 1. The van der Waals surface area contributed by atoms with E-state index < -0.39 is 5.91 Å². The van der Waals surface area contributed by atoms with E-state index in [1.54, 1.807) is 30.5 Å². The smallest absolute Gasteiger partial charge is 0.307 e. The first kappa shape index (κ1) is 16.2. The van der Waals surface area contributed by atoms with Gasteiger partial charge < -0.3 is 9.40 Å². The highest BCUT2D eigenvalue weighted by atomic mass is 35.5. The third-order valence-electron chi connectivity index (χ3n) is 3.95. The molecule has 0 atom stereocenters. The van der Waals surface area contributed by atoms with Gasteiger partial charge in [0.1, 0.15) is 5.76 Å². The molecule has 1 amide bonds. The average Bonchev–Trinajstić information content (AvgIpc) is 3.30. The Morgan fingerprint density at radius 2 is 1.88 bits per heavy atom. The number of nitrogens with one attached hydrogen (secondary N) is 2. The van der Waals surface area contributed by atoms with Crippen molar-refractivity contribution >= 4 is 34.6 Å². The zero-order valence-electron chi connectivity index (χ0n) is 13.6. The van der Waals surface area contributed by atoms with E-state index in [0.717, 1.165) is 22.0 Å². The van der Waals surface area contributed by atoms with Crippen LogP contribution in [0.3, 0.4) is 0 Å². The molecule has 0 saturated heterocycles. The predicted molar refractivity (Wildman–Crippen MR) is 103 cm³/mol. The number of hydrogen-bond acceptors (Lipinski definition) is 3. The molecule has 0 aliphatic carbocycles. The number of halogens is 1. The number of aromatic nitrogens is 1. The largest absolute Gasteiger partial charge is 0.451 e. The highest BCUT2D eigenvalue weighted by Gasteiger charge is 2.11. The van der Waals surface area contributed by atoms with Gasteiger partial charge in [-0.15, -0.1) is 0 Å². The van der Waals surface area contributed by atoms with Crippen molar-refractivity contribution in [2.24, 2.45) is 5.10 Å². The third-order valence-corrected chi connectivity index (χ3v) is 4.20. The quantitative estimate of drug-likeness (QED) is 0.402. The number of carbonyl (C=O) groups is 1. The number of fused-ring (bicyclic) bond motifs is 1. The van der Waals surface area contributed by atoms with Crippen molar-refractivity contribution in [3.05, 3.63) is 83.2 Å². The SMILES string of the molecule is O=C(N/N=C/c1c[nH]c2ccccc12)c1ccc(-c2ccc(Cl)cc2)o1. The summed E-state index contributed by atoms with van der Waals surface area (Å²) < 4.78 is 5.59. The van der Waals surface area contributed by atoms with Gasteiger partial charge in [-0.05, 0) is 42.5 Å². The molecule has 2 N–H and O–H groups in total. The summed E-state index contributed by atoms with van der Waals surface area (Å²) in [6.45, 7) is 0. The van der Waals surface area contributed by atoms with Gasteiger partial charge in [0.05, 0.1) is 6.21 Å². The molecular weight excluding hydrogens is 350 g/mol. The maximum atomic E-state index is 12.2. The van der Waals surface area contributed by atoms with Gasteiger partial charge >= 0.3 is 5.91 Å². The molecule has 0 aliphatic heterocycles. The van der Waals surface area contributed by atoms with E-state index in [9.17, 15) is 4.79 Å². The maximum absolute atomic E-state index is 12.2. The summed E-state index contributed by atoms with van der Waals surface area (Å²) in [5, 5.41) is 5.69. The molecule has 6 heteroatoms. The lowest BCUT2D eigenvalue weighted by molar-refractivity contribution is 0.0928. The summed E-state index contributed by atoms with van der Waals surface area (Å²) in [7, 11) is 0. The number of nitrogens with zero attached hydrogens (tertiary/aromatic N) is 1. The number of carbonyl (C=O) groups excluding carboxylic acids is 1. The third kappa shape index (κ3) is 3.25. The summed E-state index contributed by atoms with van der Waals surface area (Å²) in [5.74, 6) is 0.361. The Kier molecular flexibility index (Phi) is 4.29. The van der Waals surface area contributed by atoms with Gasteiger partial charge in [-0.25, -0.2) is 5.43 Å². The van der Waals surface area contributed by atoms with Crippen LogP contribution >= 0.6 is 11.6 Å². The van der Waals surface area contributed by atoms with E-state index in [1.165, 1.54) is 0 Å². The molecular formula is C20H14ClN3O2. The molecule has 4 aromatic rings. The van der Waals surface area contributed by atoms with Crippen LogP contribution in [-0.2, 0) is 0 Å². The molecule has 5 nitrogen and oxygen atoms in total. The molecule has 0 bridgehead atoms. The Hall–Kier alpha value is -3.31. The van der Waals surface area contributed by atoms with Crippen molar-refractivity contribution in [3.8, 4) is 11.3 Å². The van der Waals surface area contributed by atoms with Crippen molar-refractivity contribution in [1.29, 1.82) is 0 Å². The number of rotatable bonds is 4. The number of aromatic amines is 1. The number of benzene rings is 2. The average molecular weight is 364 g/mol. The van der Waals surface area contributed by atoms with Crippen molar-refractivity contribution in [3.63, 3.8) is 0 Å². The Bertz CT molecular complexity index is 1090. The molecule has 2 heterocycles. The van der Waals surface area contributed by atoms with E-state index >= 15 is 0 Å². The van der Waals surface area contributed by atoms with Crippen LogP contribution in [0.25, 0.3) is 22.2 Å². The number of hydrogen-bond donors (Lipinski definition) is 2. The van der Waals surface area contributed by atoms with Gasteiger partial charge in [0, 0.05) is 33.2 Å². The van der Waals surface area contributed by atoms with Crippen LogP contribution in [0.15, 0.2) is 76.4 Å². The van der Waals surface area contributed by atoms with E-state index in [1.807, 2.05) is 42.6 Å². The Labute approximate surface area is 154 Å². The zero-order valence-corrected chi connectivity index (χ0v) is 14.3. The second-order valence-electron chi connectivity index (χ2n) is 5.66. The van der Waals surface area contributed by atoms with E-state index in [2.05, 4.69) is 15.5 Å². The monoisotopic (exact) mass is 363 g/mol. The van der Waals surface area contributed by atoms with Gasteiger partial charge in [-0.1, -0.05) is 29.8 Å². The molecule has 0 radical (unpaired) electrons. The van der Waals surface area contributed by atoms with E-state index in [4.69, 9.17) is 16.0 Å². The van der Waals surface area contributed by atoms with E-state index in [-0.39, 0.29) is 5.76 Å². The van der Waals surface area contributed by atoms with Gasteiger partial charge in [-0.3, -0.25) is 4.79 Å². The van der Waals surface area contributed by atoms with Crippen molar-refractivity contribution in [1.82, 2.24) is 10.4 Å². The number of hydrazone groups is 1. The summed E-state index contributed by atoms with van der Waals surface area (Å²) in [4.78, 5) is 15.3. The lowest BCUT2D eigenvalue weighted by Crippen LogP contribution is -2.16. The minimum Gasteiger partial charge on any atom is -0.451 e. The molecule has 0 spiro atoms. The molecule has 0 unspecified atom stereocenters. The van der Waals surface area contributed by atoms with Crippen LogP contribution in [0.5, 0.6) is 0 Å². The Morgan fingerprint density at radius 1 is 1.08 bits per heavy atom. The normalized spacial score (nSPS) is 11.3. The minimum atomic E-state index is -0.415. The summed E-state index contributed by atoms with van der Waals surface area (Å²) >= 11 is 5.88. The van der Waals surface area contributed by atoms with Crippen molar-refractivity contribution in [2.45, 2.75) is 0 Å². The predicted octanol–water partition coefficient (Wildman–Crippen LogP) is 4.85. The van der Waals surface area contributed by atoms with E-state index in [0.29, 0.717) is 10.8 Å². The highest BCUT2D eigenvalue weighted by molar-refractivity contribution is 6.30. The van der Waals surface area contributed by atoms with Crippen LogP contribution in [0.1, 0.15) is 16.1 Å². The molecule has 0 aliphatic rings. The van der Waals surface area contributed by atoms with Crippen molar-refractivity contribution in [2.75, 3.05) is 0 Å². The molecule has 2 aromatic heterocycles. The molecule has 2 aromatic carbocycles. The van der Waals surface area contributed by atoms with Crippen LogP contribution in [0.2, 0.25) is 5.02 Å². The van der Waals surface area contributed by atoms with Gasteiger partial charge in [-0.2, -0.15) is 5.10 Å². The van der Waals surface area contributed by atoms with Crippen LogP contribution in [-0.4, -0.2) is 17.1 Å². The van der Waals surface area contributed by atoms with Gasteiger partial charge in [0.2, 0.25) is 0 Å². The summed E-state index contributed by atoms with van der Waals surface area (Å²) in [6.07, 6.45) is 3.44. The first-order valence-electron chi connectivity index (χ1n) is 7.96. The number of furan rings is 1. The summed E-state index contributed by atoms with van der Waals surface area (Å²) in [6, 6.07) is 18.4. The second-order valence-corrected chi connectivity index (χ2v) is 6.10. The van der Waals surface area contributed by atoms with Crippen LogP contribution in [0.4, 0.5) is 0 Å². The lowest BCUT2D eigenvalue weighted by Gasteiger charge is -1.98. The second kappa shape index (κ2) is 6.90. The number of H-pyrrole nitrogens is 1. The molecule has 26 heavy (non-hydrogen) atoms. The first-order valence-corrected chi connectivity index (χ1v) is 8.34. The fourth-order valence-corrected chi connectivity index (χ4v) is 2.77. The fourth-order valence-electron chi connectivity index (χ4n) is 2.65. The van der Waals surface area contributed by atoms with Crippen LogP contribution in [0, 0.1) is 0 Å². The van der Waals surface area contributed by atoms with Crippen LogP contribution < -0.4 is 5.43 Å². The Morgan fingerprint density at radius 3 is 2.73 bits per heavy atom. The lowest BCUT2D eigenvalue weighted by atomic mass is 10.2. The molecule has 4 rings (SSSR count). The topological polar surface area (TPSA) is 70.4 Å². The first-order chi connectivity index (χ1) is 12.7. The van der Waals surface area contributed by atoms with Gasteiger partial charge in [0.15, 0.2) is 5.76 Å². The van der Waals surface area contributed by atoms with Crippen molar-refractivity contribution < 1.29 is 9.21 Å². The summed E-state index contributed by atoms with van der Waals surface area (Å²) in [5.41, 5.74) is 5.22. The minimum absolute atomic E-state index is 0.186. The molecule has 0 saturated carbocycles. The number of para-hydroxylation sites is 1. The molecule has 0 fully saturated rings.